The summed E-state index contributed by atoms with van der Waals surface area (Å²) in [6.07, 6.45) is 0.637. The van der Waals surface area contributed by atoms with Gasteiger partial charge in [0.25, 0.3) is 0 Å². The highest BCUT2D eigenvalue weighted by Gasteiger charge is 2.22. The van der Waals surface area contributed by atoms with Crippen LogP contribution in [0.3, 0.4) is 0 Å². The summed E-state index contributed by atoms with van der Waals surface area (Å²) >= 11 is 0. The number of nitrogens with two attached hydrogens (primary N) is 1. The van der Waals surface area contributed by atoms with Crippen LogP contribution in [0, 0.1) is 13.8 Å². The number of carbonyl (C=O) groups is 1. The minimum absolute atomic E-state index is 0.148. The van der Waals surface area contributed by atoms with Crippen molar-refractivity contribution in [2.75, 3.05) is 12.3 Å². The number of aryl methyl sites for hydroxylation is 3. The third-order valence-corrected chi connectivity index (χ3v) is 3.08. The van der Waals surface area contributed by atoms with Gasteiger partial charge in [0.1, 0.15) is 17.5 Å². The standard InChI is InChI=1S/C15H20N4O2/c1-5-11-18-13(15(20)21-6-2)14(16)19(11)12-8-9(3)7-10(4)17-12/h7-8H,5-6,16H2,1-4H3. The van der Waals surface area contributed by atoms with E-state index in [1.165, 1.54) is 0 Å². The molecule has 0 bridgehead atoms. The Balaban J connectivity index is 2.60. The van der Waals surface area contributed by atoms with Crippen LogP contribution < -0.4 is 5.73 Å². The number of anilines is 1. The van der Waals surface area contributed by atoms with E-state index in [1.54, 1.807) is 11.5 Å². The van der Waals surface area contributed by atoms with Crippen molar-refractivity contribution in [1.29, 1.82) is 0 Å². The van der Waals surface area contributed by atoms with Crippen LogP contribution in [0.1, 0.15) is 41.4 Å². The number of ether oxygens (including phenoxy) is 1. The fraction of sp³-hybridized carbons (Fsp3) is 0.400. The lowest BCUT2D eigenvalue weighted by Gasteiger charge is -2.09. The number of rotatable bonds is 4. The number of pyridine rings is 1. The Morgan fingerprint density at radius 1 is 1.29 bits per heavy atom. The molecule has 0 aromatic carbocycles. The molecule has 6 heteroatoms. The molecule has 21 heavy (non-hydrogen) atoms. The van der Waals surface area contributed by atoms with Crippen LogP contribution in [0.5, 0.6) is 0 Å². The van der Waals surface area contributed by atoms with E-state index in [2.05, 4.69) is 9.97 Å². The molecular weight excluding hydrogens is 268 g/mol. The van der Waals surface area contributed by atoms with Gasteiger partial charge in [-0.3, -0.25) is 4.57 Å². The van der Waals surface area contributed by atoms with Crippen molar-refractivity contribution in [1.82, 2.24) is 14.5 Å². The Labute approximate surface area is 124 Å². The van der Waals surface area contributed by atoms with Gasteiger partial charge in [0, 0.05) is 12.1 Å². The molecule has 2 N–H and O–H groups in total. The Bertz CT molecular complexity index is 656. The van der Waals surface area contributed by atoms with Crippen molar-refractivity contribution in [2.45, 2.75) is 34.1 Å². The summed E-state index contributed by atoms with van der Waals surface area (Å²) in [5.41, 5.74) is 8.21. The van der Waals surface area contributed by atoms with Crippen LogP contribution in [0.25, 0.3) is 5.82 Å². The zero-order chi connectivity index (χ0) is 15.6. The molecule has 0 saturated carbocycles. The van der Waals surface area contributed by atoms with E-state index in [-0.39, 0.29) is 18.1 Å². The van der Waals surface area contributed by atoms with Crippen molar-refractivity contribution in [3.63, 3.8) is 0 Å². The molecular formula is C15H20N4O2. The Kier molecular flexibility index (Phi) is 4.26. The highest BCUT2D eigenvalue weighted by molar-refractivity contribution is 5.92. The van der Waals surface area contributed by atoms with Crippen LogP contribution in [0.2, 0.25) is 0 Å². The van der Waals surface area contributed by atoms with E-state index >= 15 is 0 Å². The van der Waals surface area contributed by atoms with E-state index in [0.29, 0.717) is 18.1 Å². The summed E-state index contributed by atoms with van der Waals surface area (Å²) in [7, 11) is 0. The summed E-state index contributed by atoms with van der Waals surface area (Å²) in [4.78, 5) is 20.7. The van der Waals surface area contributed by atoms with Gasteiger partial charge >= 0.3 is 5.97 Å². The minimum atomic E-state index is -0.507. The first-order valence-electron chi connectivity index (χ1n) is 6.97. The van der Waals surface area contributed by atoms with Crippen molar-refractivity contribution in [2.24, 2.45) is 0 Å². The molecule has 2 heterocycles. The van der Waals surface area contributed by atoms with Gasteiger partial charge in [-0.25, -0.2) is 14.8 Å². The van der Waals surface area contributed by atoms with Gasteiger partial charge in [0.2, 0.25) is 0 Å². The van der Waals surface area contributed by atoms with E-state index in [1.807, 2.05) is 32.9 Å². The predicted molar refractivity (Wildman–Crippen MR) is 80.6 cm³/mol. The second kappa shape index (κ2) is 5.95. The van der Waals surface area contributed by atoms with E-state index in [4.69, 9.17) is 10.5 Å². The average molecular weight is 288 g/mol. The fourth-order valence-corrected chi connectivity index (χ4v) is 2.26. The first-order chi connectivity index (χ1) is 9.97. The zero-order valence-electron chi connectivity index (χ0n) is 12.8. The number of hydrogen-bond donors (Lipinski definition) is 1. The molecule has 0 radical (unpaired) electrons. The normalized spacial score (nSPS) is 10.7. The quantitative estimate of drug-likeness (QED) is 0.872. The van der Waals surface area contributed by atoms with Crippen molar-refractivity contribution in [3.8, 4) is 5.82 Å². The van der Waals surface area contributed by atoms with Crippen molar-refractivity contribution >= 4 is 11.8 Å². The van der Waals surface area contributed by atoms with Crippen molar-refractivity contribution < 1.29 is 9.53 Å². The molecule has 2 aromatic rings. The van der Waals surface area contributed by atoms with Gasteiger partial charge in [-0.15, -0.1) is 0 Å². The summed E-state index contributed by atoms with van der Waals surface area (Å²) in [6.45, 7) is 7.90. The molecule has 0 atom stereocenters. The van der Waals surface area contributed by atoms with Gasteiger partial charge in [-0.2, -0.15) is 0 Å². The Morgan fingerprint density at radius 2 is 2.00 bits per heavy atom. The molecule has 2 rings (SSSR count). The molecule has 0 aliphatic carbocycles. The van der Waals surface area contributed by atoms with Gasteiger partial charge in [0.05, 0.1) is 6.61 Å². The number of carbonyl (C=O) groups excluding carboxylic acids is 1. The fourth-order valence-electron chi connectivity index (χ4n) is 2.26. The van der Waals surface area contributed by atoms with Crippen molar-refractivity contribution in [3.05, 3.63) is 34.9 Å². The Hall–Kier alpha value is -2.37. The highest BCUT2D eigenvalue weighted by Crippen LogP contribution is 2.22. The van der Waals surface area contributed by atoms with E-state index in [9.17, 15) is 4.79 Å². The summed E-state index contributed by atoms with van der Waals surface area (Å²) in [5, 5.41) is 0. The smallest absolute Gasteiger partial charge is 0.360 e. The average Bonchev–Trinajstić information content (AvgIpc) is 2.75. The minimum Gasteiger partial charge on any atom is -0.461 e. The summed E-state index contributed by atoms with van der Waals surface area (Å²) in [5.74, 6) is 1.12. The number of nitrogen functional groups attached to an aromatic ring is 1. The number of nitrogens with zero attached hydrogens (tertiary/aromatic N) is 3. The molecule has 0 amide bonds. The maximum atomic E-state index is 11.9. The highest BCUT2D eigenvalue weighted by atomic mass is 16.5. The van der Waals surface area contributed by atoms with Gasteiger partial charge in [-0.05, 0) is 38.5 Å². The number of aromatic nitrogens is 3. The maximum absolute atomic E-state index is 11.9. The predicted octanol–water partition coefficient (Wildman–Crippen LogP) is 2.21. The third kappa shape index (κ3) is 2.89. The molecule has 0 fully saturated rings. The van der Waals surface area contributed by atoms with Crippen LogP contribution in [0.4, 0.5) is 5.82 Å². The number of esters is 1. The molecule has 112 valence electrons. The SMILES string of the molecule is CCOC(=O)c1nc(CC)n(-c2cc(C)cc(C)n2)c1N. The monoisotopic (exact) mass is 288 g/mol. The van der Waals surface area contributed by atoms with Gasteiger partial charge in [0.15, 0.2) is 5.69 Å². The molecule has 0 aliphatic heterocycles. The Morgan fingerprint density at radius 3 is 2.57 bits per heavy atom. The lowest BCUT2D eigenvalue weighted by molar-refractivity contribution is 0.0521. The van der Waals surface area contributed by atoms with Crippen LogP contribution >= 0.6 is 0 Å². The van der Waals surface area contributed by atoms with Gasteiger partial charge < -0.3 is 10.5 Å². The first-order valence-corrected chi connectivity index (χ1v) is 6.97. The molecule has 0 saturated heterocycles. The second-order valence-electron chi connectivity index (χ2n) is 4.82. The first kappa shape index (κ1) is 15.0. The molecule has 0 aliphatic rings. The lowest BCUT2D eigenvalue weighted by Crippen LogP contribution is -2.10. The molecule has 0 unspecified atom stereocenters. The van der Waals surface area contributed by atoms with Crippen LogP contribution in [-0.2, 0) is 11.2 Å². The van der Waals surface area contributed by atoms with E-state index < -0.39 is 5.97 Å². The second-order valence-corrected chi connectivity index (χ2v) is 4.82. The zero-order valence-corrected chi connectivity index (χ0v) is 12.8. The number of imidazole rings is 1. The van der Waals surface area contributed by atoms with E-state index in [0.717, 1.165) is 11.3 Å². The molecule has 6 nitrogen and oxygen atoms in total. The molecule has 0 spiro atoms. The van der Waals surface area contributed by atoms with Gasteiger partial charge in [-0.1, -0.05) is 6.92 Å². The maximum Gasteiger partial charge on any atom is 0.360 e. The largest absolute Gasteiger partial charge is 0.461 e. The summed E-state index contributed by atoms with van der Waals surface area (Å²) < 4.78 is 6.70. The van der Waals surface area contributed by atoms with Crippen LogP contribution in [0.15, 0.2) is 12.1 Å². The molecule has 2 aromatic heterocycles. The number of hydrogen-bond acceptors (Lipinski definition) is 5. The lowest BCUT2D eigenvalue weighted by atomic mass is 10.2. The third-order valence-electron chi connectivity index (χ3n) is 3.08. The summed E-state index contributed by atoms with van der Waals surface area (Å²) in [6, 6.07) is 3.90. The topological polar surface area (TPSA) is 83.0 Å². The van der Waals surface area contributed by atoms with Crippen LogP contribution in [-0.4, -0.2) is 27.1 Å².